The highest BCUT2D eigenvalue weighted by atomic mass is 35.5. The number of aryl methyl sites for hydroxylation is 1. The molecule has 0 atom stereocenters. The molecule has 0 aliphatic carbocycles. The van der Waals surface area contributed by atoms with Crippen LogP contribution in [0.5, 0.6) is 0 Å². The van der Waals surface area contributed by atoms with Crippen LogP contribution in [-0.2, 0) is 0 Å². The van der Waals surface area contributed by atoms with E-state index < -0.39 is 0 Å². The van der Waals surface area contributed by atoms with E-state index in [2.05, 4.69) is 0 Å². The van der Waals surface area contributed by atoms with Crippen molar-refractivity contribution in [3.8, 4) is 6.07 Å². The molecule has 1 aromatic rings. The number of allylic oxidation sites excluding steroid dienone is 1. The van der Waals surface area contributed by atoms with Gasteiger partial charge in [-0.25, -0.2) is 0 Å². The molecule has 1 nitrogen and oxygen atoms in total. The largest absolute Gasteiger partial charge is 0.193 e. The van der Waals surface area contributed by atoms with E-state index in [1.54, 1.807) is 5.41 Å². The number of nitriles is 1. The number of rotatable bonds is 2. The second-order valence-corrected chi connectivity index (χ2v) is 3.84. The molecule has 0 spiro atoms. The van der Waals surface area contributed by atoms with E-state index in [9.17, 15) is 0 Å². The lowest BCUT2D eigenvalue weighted by molar-refractivity contribution is 1.31. The molecule has 0 N–H and O–H groups in total. The van der Waals surface area contributed by atoms with E-state index in [0.29, 0.717) is 0 Å². The Kier molecular flexibility index (Phi) is 3.88. The third-order valence-corrected chi connectivity index (χ3v) is 2.69. The van der Waals surface area contributed by atoms with E-state index in [-0.39, 0.29) is 0 Å². The van der Waals surface area contributed by atoms with Crippen LogP contribution in [0, 0.1) is 18.3 Å². The maximum Gasteiger partial charge on any atom is 0.0917 e. The zero-order valence-corrected chi connectivity index (χ0v) is 8.69. The third kappa shape index (κ3) is 3.14. The fraction of sp³-hybridized carbons (Fsp3) is 0.100. The Hall–Kier alpha value is -0.910. The van der Waals surface area contributed by atoms with Crippen molar-refractivity contribution in [3.63, 3.8) is 0 Å². The molecule has 0 aliphatic rings. The Morgan fingerprint density at radius 2 is 2.31 bits per heavy atom. The van der Waals surface area contributed by atoms with Crippen molar-refractivity contribution in [3.05, 3.63) is 40.3 Å². The zero-order valence-electron chi connectivity index (χ0n) is 7.12. The molecule has 13 heavy (non-hydrogen) atoms. The fourth-order valence-electron chi connectivity index (χ4n) is 0.883. The maximum absolute atomic E-state index is 8.29. The third-order valence-electron chi connectivity index (χ3n) is 1.47. The minimum absolute atomic E-state index is 0.742. The summed E-state index contributed by atoms with van der Waals surface area (Å²) >= 11 is 7.32. The number of halogens is 1. The molecule has 0 radical (unpaired) electrons. The summed E-state index contributed by atoms with van der Waals surface area (Å²) in [5.41, 5.74) is 1.13. The summed E-state index contributed by atoms with van der Waals surface area (Å²) < 4.78 is 0. The van der Waals surface area contributed by atoms with Gasteiger partial charge < -0.3 is 0 Å². The second kappa shape index (κ2) is 4.96. The van der Waals surface area contributed by atoms with Crippen molar-refractivity contribution in [2.45, 2.75) is 11.8 Å². The first-order valence-corrected chi connectivity index (χ1v) is 4.97. The minimum Gasteiger partial charge on any atom is -0.193 e. The number of nitrogens with zero attached hydrogens (tertiary/aromatic N) is 1. The Morgan fingerprint density at radius 3 is 2.92 bits per heavy atom. The molecule has 3 heteroatoms. The van der Waals surface area contributed by atoms with Crippen LogP contribution in [-0.4, -0.2) is 0 Å². The first-order chi connectivity index (χ1) is 6.24. The van der Waals surface area contributed by atoms with Gasteiger partial charge in [0.2, 0.25) is 0 Å². The summed E-state index contributed by atoms with van der Waals surface area (Å²) in [6, 6.07) is 7.64. The molecule has 1 rings (SSSR count). The number of thioether (sulfide) groups is 1. The van der Waals surface area contributed by atoms with Gasteiger partial charge in [-0.05, 0) is 36.1 Å². The molecule has 0 fully saturated rings. The van der Waals surface area contributed by atoms with Gasteiger partial charge in [-0.15, -0.1) is 0 Å². The summed E-state index contributed by atoms with van der Waals surface area (Å²) in [4.78, 5) is 1.12. The number of benzene rings is 1. The van der Waals surface area contributed by atoms with Crippen molar-refractivity contribution in [1.82, 2.24) is 0 Å². The normalized spacial score (nSPS) is 10.2. The van der Waals surface area contributed by atoms with E-state index in [0.717, 1.165) is 15.5 Å². The molecule has 1 aromatic carbocycles. The Bertz CT molecular complexity index is 366. The first kappa shape index (κ1) is 10.2. The minimum atomic E-state index is 0.742. The van der Waals surface area contributed by atoms with Crippen LogP contribution >= 0.6 is 23.4 Å². The summed E-state index contributed by atoms with van der Waals surface area (Å²) in [5.74, 6) is 0. The summed E-state index contributed by atoms with van der Waals surface area (Å²) in [6.45, 7) is 1.99. The van der Waals surface area contributed by atoms with Crippen molar-refractivity contribution in [2.75, 3.05) is 0 Å². The van der Waals surface area contributed by atoms with Crippen LogP contribution < -0.4 is 0 Å². The van der Waals surface area contributed by atoms with E-state index in [4.69, 9.17) is 16.9 Å². The van der Waals surface area contributed by atoms with Crippen molar-refractivity contribution >= 4 is 23.4 Å². The van der Waals surface area contributed by atoms with Gasteiger partial charge in [0.15, 0.2) is 0 Å². The monoisotopic (exact) mass is 209 g/mol. The fourth-order valence-corrected chi connectivity index (χ4v) is 1.78. The van der Waals surface area contributed by atoms with Gasteiger partial charge in [0.25, 0.3) is 0 Å². The highest BCUT2D eigenvalue weighted by Gasteiger charge is 1.96. The molecule has 0 amide bonds. The van der Waals surface area contributed by atoms with Crippen LogP contribution in [0.25, 0.3) is 0 Å². The van der Waals surface area contributed by atoms with Crippen LogP contribution in [0.2, 0.25) is 5.02 Å². The van der Waals surface area contributed by atoms with E-state index in [1.807, 2.05) is 31.2 Å². The predicted octanol–water partition coefficient (Wildman–Crippen LogP) is 3.78. The Morgan fingerprint density at radius 1 is 1.54 bits per heavy atom. The molecule has 0 saturated heterocycles. The predicted molar refractivity (Wildman–Crippen MR) is 56.8 cm³/mol. The van der Waals surface area contributed by atoms with Crippen molar-refractivity contribution < 1.29 is 0 Å². The second-order valence-electron chi connectivity index (χ2n) is 2.46. The van der Waals surface area contributed by atoms with Gasteiger partial charge >= 0.3 is 0 Å². The number of hydrogen-bond acceptors (Lipinski definition) is 2. The van der Waals surface area contributed by atoms with E-state index in [1.165, 1.54) is 17.8 Å². The van der Waals surface area contributed by atoms with Crippen LogP contribution in [0.3, 0.4) is 0 Å². The standard InChI is InChI=1S/C10H8ClNS/c1-8-7-9(11)3-4-10(8)13-6-2-5-12/h2-4,6-7H,1H3. The SMILES string of the molecule is Cc1cc(Cl)ccc1SC=CC#N. The molecule has 0 unspecified atom stereocenters. The van der Waals surface area contributed by atoms with Gasteiger partial charge in [0.05, 0.1) is 6.07 Å². The van der Waals surface area contributed by atoms with E-state index >= 15 is 0 Å². The molecular weight excluding hydrogens is 202 g/mol. The molecular formula is C10H8ClNS. The van der Waals surface area contributed by atoms with Crippen molar-refractivity contribution in [2.24, 2.45) is 0 Å². The van der Waals surface area contributed by atoms with Gasteiger partial charge in [0.1, 0.15) is 0 Å². The van der Waals surface area contributed by atoms with Crippen LogP contribution in [0.15, 0.2) is 34.6 Å². The van der Waals surface area contributed by atoms with Crippen molar-refractivity contribution in [1.29, 1.82) is 5.26 Å². The topological polar surface area (TPSA) is 23.8 Å². The first-order valence-electron chi connectivity index (χ1n) is 3.71. The van der Waals surface area contributed by atoms with Gasteiger partial charge in [-0.3, -0.25) is 0 Å². The summed E-state index contributed by atoms with van der Waals surface area (Å²) in [6.07, 6.45) is 1.46. The average Bonchev–Trinajstić information content (AvgIpc) is 2.09. The molecule has 0 bridgehead atoms. The van der Waals surface area contributed by atoms with Gasteiger partial charge in [-0.2, -0.15) is 5.26 Å². The molecule has 0 aliphatic heterocycles. The molecule has 0 saturated carbocycles. The highest BCUT2D eigenvalue weighted by molar-refractivity contribution is 8.02. The number of hydrogen-bond donors (Lipinski definition) is 0. The van der Waals surface area contributed by atoms with Gasteiger partial charge in [-0.1, -0.05) is 23.4 Å². The quantitative estimate of drug-likeness (QED) is 0.547. The van der Waals surface area contributed by atoms with Crippen LogP contribution in [0.4, 0.5) is 0 Å². The average molecular weight is 210 g/mol. The zero-order chi connectivity index (χ0) is 9.68. The van der Waals surface area contributed by atoms with Gasteiger partial charge in [0, 0.05) is 16.0 Å². The van der Waals surface area contributed by atoms with Crippen LogP contribution in [0.1, 0.15) is 5.56 Å². The molecule has 66 valence electrons. The summed E-state index contributed by atoms with van der Waals surface area (Å²) in [7, 11) is 0. The summed E-state index contributed by atoms with van der Waals surface area (Å²) in [5, 5.41) is 10.8. The molecule has 0 aromatic heterocycles. The highest BCUT2D eigenvalue weighted by Crippen LogP contribution is 2.25. The Labute approximate surface area is 87.0 Å². The lowest BCUT2D eigenvalue weighted by atomic mass is 10.2. The molecule has 0 heterocycles. The maximum atomic E-state index is 8.29. The smallest absolute Gasteiger partial charge is 0.0917 e. The lowest BCUT2D eigenvalue weighted by Gasteiger charge is -2.01. The Balaban J connectivity index is 2.79. The lowest BCUT2D eigenvalue weighted by Crippen LogP contribution is -1.76.